The Morgan fingerprint density at radius 2 is 1.16 bits per heavy atom. The number of hydrogen-bond donors (Lipinski definition) is 1. The normalized spacial score (nSPS) is 13.0. The number of hydrogen-bond acceptors (Lipinski definition) is 3. The zero-order valence-electron chi connectivity index (χ0n) is 18.2. The Hall–Kier alpha value is -3.80. The number of carbonyl (C=O) groups is 3. The number of alkyl halides is 1. The number of nitrogens with zero attached hydrogens (tertiary/aromatic N) is 1. The molecule has 2 amide bonds. The number of rotatable bonds is 6. The summed E-state index contributed by atoms with van der Waals surface area (Å²) in [5.74, 6) is -6.49. The predicted molar refractivity (Wildman–Crippen MR) is 122 cm³/mol. The van der Waals surface area contributed by atoms with Crippen molar-refractivity contribution in [3.05, 3.63) is 102 Å². The van der Waals surface area contributed by atoms with Gasteiger partial charge in [0.15, 0.2) is 0 Å². The summed E-state index contributed by atoms with van der Waals surface area (Å²) >= 11 is 0. The number of halogens is 1. The topological polar surface area (TPSA) is 66.5 Å². The second-order valence-corrected chi connectivity index (χ2v) is 8.36. The molecule has 3 rings (SSSR count). The summed E-state index contributed by atoms with van der Waals surface area (Å²) in [5.41, 5.74) is -0.648. The fourth-order valence-electron chi connectivity index (χ4n) is 3.23. The first-order chi connectivity index (χ1) is 15.1. The maximum Gasteiger partial charge on any atom is 0.331 e. The molecule has 0 bridgehead atoms. The van der Waals surface area contributed by atoms with Crippen LogP contribution in [0.1, 0.15) is 41.5 Å². The van der Waals surface area contributed by atoms with Crippen molar-refractivity contribution >= 4 is 23.3 Å². The number of ketones is 1. The zero-order chi connectivity index (χ0) is 23.4. The third kappa shape index (κ3) is 4.75. The van der Waals surface area contributed by atoms with Crippen molar-refractivity contribution in [3.8, 4) is 0 Å². The Balaban J connectivity index is 2.24. The highest BCUT2D eigenvalue weighted by Crippen LogP contribution is 2.32. The lowest BCUT2D eigenvalue weighted by molar-refractivity contribution is -0.131. The first-order valence-electron chi connectivity index (χ1n) is 10.2. The van der Waals surface area contributed by atoms with Crippen molar-refractivity contribution in [2.45, 2.75) is 32.1 Å². The number of anilines is 1. The van der Waals surface area contributed by atoms with Crippen LogP contribution in [0.3, 0.4) is 0 Å². The van der Waals surface area contributed by atoms with Crippen molar-refractivity contribution in [2.24, 2.45) is 0 Å². The molecule has 0 heterocycles. The number of amides is 2. The molecule has 0 spiro atoms. The fourth-order valence-corrected chi connectivity index (χ4v) is 3.23. The summed E-state index contributed by atoms with van der Waals surface area (Å²) < 4.78 is 17.0. The van der Waals surface area contributed by atoms with Crippen LogP contribution in [-0.2, 0) is 4.79 Å². The van der Waals surface area contributed by atoms with E-state index >= 15 is 4.39 Å². The predicted octanol–water partition coefficient (Wildman–Crippen LogP) is 4.80. The van der Waals surface area contributed by atoms with Crippen molar-refractivity contribution in [2.75, 3.05) is 4.90 Å². The summed E-state index contributed by atoms with van der Waals surface area (Å²) in [7, 11) is 0. The molecule has 5 nitrogen and oxygen atoms in total. The lowest BCUT2D eigenvalue weighted by Crippen LogP contribution is -2.65. The molecule has 1 N–H and O–H groups in total. The minimum absolute atomic E-state index is 0.0270. The van der Waals surface area contributed by atoms with Crippen LogP contribution in [-0.4, -0.2) is 28.9 Å². The molecule has 164 valence electrons. The van der Waals surface area contributed by atoms with Crippen molar-refractivity contribution in [1.29, 1.82) is 0 Å². The lowest BCUT2D eigenvalue weighted by Gasteiger charge is -2.37. The van der Waals surface area contributed by atoms with E-state index in [2.05, 4.69) is 5.32 Å². The minimum atomic E-state index is -3.33. The summed E-state index contributed by atoms with van der Waals surface area (Å²) in [6.45, 7) is 5.01. The fraction of sp³-hybridized carbons (Fsp3) is 0.192. The maximum absolute atomic E-state index is 17.0. The Kier molecular flexibility index (Phi) is 6.53. The summed E-state index contributed by atoms with van der Waals surface area (Å²) in [6.07, 6.45) is 0. The Morgan fingerprint density at radius 1 is 0.719 bits per heavy atom. The van der Waals surface area contributed by atoms with Gasteiger partial charge in [0, 0.05) is 22.4 Å². The van der Waals surface area contributed by atoms with Gasteiger partial charge in [-0.15, -0.1) is 0 Å². The number of benzene rings is 3. The summed E-state index contributed by atoms with van der Waals surface area (Å²) in [4.78, 5) is 41.0. The van der Waals surface area contributed by atoms with Gasteiger partial charge in [0.1, 0.15) is 0 Å². The van der Waals surface area contributed by atoms with E-state index in [0.29, 0.717) is 4.90 Å². The number of carbonyl (C=O) groups excluding carboxylic acids is 3. The van der Waals surface area contributed by atoms with E-state index < -0.39 is 28.9 Å². The van der Waals surface area contributed by atoms with E-state index in [1.807, 2.05) is 0 Å². The van der Waals surface area contributed by atoms with Crippen LogP contribution in [0.15, 0.2) is 91.0 Å². The monoisotopic (exact) mass is 432 g/mol. The van der Waals surface area contributed by atoms with Gasteiger partial charge >= 0.3 is 5.79 Å². The van der Waals surface area contributed by atoms with E-state index in [9.17, 15) is 14.4 Å². The molecule has 0 radical (unpaired) electrons. The third-order valence-corrected chi connectivity index (χ3v) is 4.67. The molecule has 0 saturated heterocycles. The molecular formula is C26H25FN2O3. The Bertz CT molecular complexity index is 1100. The molecular weight excluding hydrogens is 407 g/mol. The highest BCUT2D eigenvalue weighted by Gasteiger charge is 2.55. The van der Waals surface area contributed by atoms with Crippen LogP contribution in [0.2, 0.25) is 0 Å². The van der Waals surface area contributed by atoms with Crippen molar-refractivity contribution in [3.63, 3.8) is 0 Å². The Labute approximate surface area is 186 Å². The van der Waals surface area contributed by atoms with Gasteiger partial charge in [-0.1, -0.05) is 66.7 Å². The van der Waals surface area contributed by atoms with Crippen LogP contribution in [0, 0.1) is 0 Å². The second kappa shape index (κ2) is 9.14. The molecule has 32 heavy (non-hydrogen) atoms. The summed E-state index contributed by atoms with van der Waals surface area (Å²) in [5, 5.41) is 2.54. The quantitative estimate of drug-likeness (QED) is 0.346. The molecule has 3 aromatic carbocycles. The van der Waals surface area contributed by atoms with Crippen LogP contribution in [0.25, 0.3) is 0 Å². The first-order valence-corrected chi connectivity index (χ1v) is 10.2. The molecule has 1 unspecified atom stereocenters. The van der Waals surface area contributed by atoms with E-state index in [1.54, 1.807) is 75.4 Å². The van der Waals surface area contributed by atoms with E-state index in [4.69, 9.17) is 0 Å². The summed E-state index contributed by atoms with van der Waals surface area (Å²) in [6, 6.07) is 23.5. The van der Waals surface area contributed by atoms with Gasteiger partial charge < -0.3 is 5.32 Å². The molecule has 0 saturated carbocycles. The minimum Gasteiger partial charge on any atom is -0.347 e. The molecule has 0 aliphatic carbocycles. The number of nitrogens with one attached hydrogen (secondary N) is 1. The smallest absolute Gasteiger partial charge is 0.331 e. The van der Waals surface area contributed by atoms with Gasteiger partial charge in [-0.05, 0) is 45.0 Å². The van der Waals surface area contributed by atoms with Gasteiger partial charge in [0.2, 0.25) is 5.78 Å². The van der Waals surface area contributed by atoms with E-state index in [1.165, 1.54) is 36.4 Å². The van der Waals surface area contributed by atoms with E-state index in [-0.39, 0.29) is 16.8 Å². The molecule has 1 atom stereocenters. The van der Waals surface area contributed by atoms with Crippen LogP contribution in [0.4, 0.5) is 10.1 Å². The van der Waals surface area contributed by atoms with Gasteiger partial charge in [-0.25, -0.2) is 0 Å². The second-order valence-electron chi connectivity index (χ2n) is 8.36. The molecule has 0 aromatic heterocycles. The number of para-hydroxylation sites is 1. The average molecular weight is 432 g/mol. The van der Waals surface area contributed by atoms with Crippen molar-refractivity contribution < 1.29 is 18.8 Å². The average Bonchev–Trinajstić information content (AvgIpc) is 2.79. The molecule has 0 fully saturated rings. The number of Topliss-reactive ketones (excluding diaryl/α,β-unsaturated/α-hetero) is 1. The van der Waals surface area contributed by atoms with Gasteiger partial charge in [0.05, 0.1) is 0 Å². The SMILES string of the molecule is CC(C)(C)NC(=O)C(F)(C(=O)c1ccccc1)N(C(=O)c1ccccc1)c1ccccc1. The standard InChI is InChI=1S/C26H25FN2O3/c1-25(2,3)28-24(32)26(27,22(30)19-13-7-4-8-14-19)29(21-17-11-6-12-18-21)23(31)20-15-9-5-10-16-20/h4-18H,1-3H3,(H,28,32). The molecule has 0 aliphatic rings. The third-order valence-electron chi connectivity index (χ3n) is 4.67. The largest absolute Gasteiger partial charge is 0.347 e. The maximum atomic E-state index is 17.0. The van der Waals surface area contributed by atoms with Crippen LogP contribution < -0.4 is 10.2 Å². The van der Waals surface area contributed by atoms with Gasteiger partial charge in [0.25, 0.3) is 11.8 Å². The highest BCUT2D eigenvalue weighted by atomic mass is 19.1. The zero-order valence-corrected chi connectivity index (χ0v) is 18.2. The van der Waals surface area contributed by atoms with Crippen LogP contribution >= 0.6 is 0 Å². The van der Waals surface area contributed by atoms with Gasteiger partial charge in [-0.2, -0.15) is 4.39 Å². The lowest BCUT2D eigenvalue weighted by atomic mass is 9.96. The molecule has 0 aliphatic heterocycles. The molecule has 3 aromatic rings. The first kappa shape index (κ1) is 22.9. The van der Waals surface area contributed by atoms with Crippen molar-refractivity contribution in [1.82, 2.24) is 5.32 Å². The van der Waals surface area contributed by atoms with E-state index in [0.717, 1.165) is 0 Å². The highest BCUT2D eigenvalue weighted by molar-refractivity contribution is 6.24. The van der Waals surface area contributed by atoms with Gasteiger partial charge in [-0.3, -0.25) is 19.3 Å². The Morgan fingerprint density at radius 3 is 1.62 bits per heavy atom. The molecule has 6 heteroatoms. The van der Waals surface area contributed by atoms with Crippen LogP contribution in [0.5, 0.6) is 0 Å².